The van der Waals surface area contributed by atoms with Crippen LogP contribution in [0.2, 0.25) is 0 Å². The zero-order valence-corrected chi connectivity index (χ0v) is 17.6. The molecule has 0 fully saturated rings. The minimum atomic E-state index is -1.05. The van der Waals surface area contributed by atoms with Crippen molar-refractivity contribution < 1.29 is 23.5 Å². The number of carbonyl (C=O) groups is 2. The lowest BCUT2D eigenvalue weighted by molar-refractivity contribution is -0.123. The van der Waals surface area contributed by atoms with Crippen LogP contribution in [-0.4, -0.2) is 34.9 Å². The summed E-state index contributed by atoms with van der Waals surface area (Å²) in [6, 6.07) is 4.63. The summed E-state index contributed by atoms with van der Waals surface area (Å²) in [6.07, 6.45) is -1.05. The number of anilines is 1. The molecule has 0 unspecified atom stereocenters. The van der Waals surface area contributed by atoms with Crippen molar-refractivity contribution in [3.05, 3.63) is 45.8 Å². The predicted molar refractivity (Wildman–Crippen MR) is 109 cm³/mol. The van der Waals surface area contributed by atoms with Gasteiger partial charge < -0.3 is 14.8 Å². The van der Waals surface area contributed by atoms with Crippen LogP contribution in [0.5, 0.6) is 0 Å². The van der Waals surface area contributed by atoms with Crippen molar-refractivity contribution in [2.45, 2.75) is 33.5 Å². The molecule has 2 heterocycles. The number of carbonyl (C=O) groups excluding carboxylic acids is 2. The third-order valence-corrected chi connectivity index (χ3v) is 5.82. The summed E-state index contributed by atoms with van der Waals surface area (Å²) in [5.74, 6) is -1.60. The number of hydrogen-bond acceptors (Lipinski definition) is 6. The van der Waals surface area contributed by atoms with E-state index in [1.54, 1.807) is 30.8 Å². The molecule has 1 N–H and O–H groups in total. The van der Waals surface area contributed by atoms with Gasteiger partial charge in [0, 0.05) is 29.8 Å². The summed E-state index contributed by atoms with van der Waals surface area (Å²) in [5.41, 5.74) is 2.46. The molecule has 0 saturated carbocycles. The van der Waals surface area contributed by atoms with Crippen LogP contribution in [0.25, 0.3) is 10.1 Å². The molecule has 1 amide bonds. The second kappa shape index (κ2) is 8.30. The predicted octanol–water partition coefficient (Wildman–Crippen LogP) is 3.72. The Morgan fingerprint density at radius 3 is 2.69 bits per heavy atom. The molecular weight excluding hydrogens is 397 g/mol. The molecule has 1 atom stereocenters. The Kier molecular flexibility index (Phi) is 5.99. The molecular formula is C20H22FN3O4S. The topological polar surface area (TPSA) is 82.4 Å². The number of aromatic nitrogens is 2. The van der Waals surface area contributed by atoms with Crippen LogP contribution < -0.4 is 5.32 Å². The maximum absolute atomic E-state index is 14.3. The Balaban J connectivity index is 1.81. The van der Waals surface area contributed by atoms with Crippen molar-refractivity contribution in [2.75, 3.05) is 12.4 Å². The summed E-state index contributed by atoms with van der Waals surface area (Å²) in [5, 5.41) is 7.33. The lowest BCUT2D eigenvalue weighted by atomic mass is 10.1. The van der Waals surface area contributed by atoms with Crippen LogP contribution in [0, 0.1) is 19.7 Å². The zero-order chi connectivity index (χ0) is 21.3. The highest BCUT2D eigenvalue weighted by atomic mass is 32.1. The zero-order valence-electron chi connectivity index (χ0n) is 16.8. The third kappa shape index (κ3) is 4.01. The number of benzene rings is 1. The average Bonchev–Trinajstić information content (AvgIpc) is 3.15. The Morgan fingerprint density at radius 1 is 1.34 bits per heavy atom. The van der Waals surface area contributed by atoms with Gasteiger partial charge in [-0.05, 0) is 32.9 Å². The number of thiophene rings is 1. The number of fused-ring (bicyclic) bond motifs is 1. The van der Waals surface area contributed by atoms with E-state index >= 15 is 0 Å². The molecule has 29 heavy (non-hydrogen) atoms. The van der Waals surface area contributed by atoms with Crippen LogP contribution in [-0.2, 0) is 27.9 Å². The van der Waals surface area contributed by atoms with Crippen molar-refractivity contribution in [2.24, 2.45) is 7.05 Å². The monoisotopic (exact) mass is 419 g/mol. The number of aryl methyl sites for hydroxylation is 2. The molecule has 0 aliphatic rings. The molecule has 154 valence electrons. The number of amides is 1. The van der Waals surface area contributed by atoms with E-state index in [1.807, 2.05) is 6.92 Å². The van der Waals surface area contributed by atoms with Crippen molar-refractivity contribution in [1.29, 1.82) is 0 Å². The van der Waals surface area contributed by atoms with E-state index in [-0.39, 0.29) is 11.5 Å². The number of rotatable bonds is 6. The smallest absolute Gasteiger partial charge is 0.349 e. The lowest BCUT2D eigenvalue weighted by Gasteiger charge is -2.14. The van der Waals surface area contributed by atoms with Gasteiger partial charge in [-0.25, -0.2) is 9.18 Å². The lowest BCUT2D eigenvalue weighted by Crippen LogP contribution is -2.30. The van der Waals surface area contributed by atoms with Gasteiger partial charge in [0.15, 0.2) is 6.10 Å². The van der Waals surface area contributed by atoms with E-state index in [9.17, 15) is 14.0 Å². The SMILES string of the molecule is COCc1c(C(=O)O[C@@H](C)C(=O)Nc2c(C)nn(C)c2C)sc2cccc(F)c12. The first kappa shape index (κ1) is 20.9. The van der Waals surface area contributed by atoms with Gasteiger partial charge in [-0.15, -0.1) is 11.3 Å². The van der Waals surface area contributed by atoms with E-state index < -0.39 is 23.8 Å². The molecule has 3 aromatic rings. The summed E-state index contributed by atoms with van der Waals surface area (Å²) in [7, 11) is 3.24. The van der Waals surface area contributed by atoms with Crippen LogP contribution in [0.4, 0.5) is 10.1 Å². The minimum absolute atomic E-state index is 0.0556. The first-order chi connectivity index (χ1) is 13.7. The van der Waals surface area contributed by atoms with Gasteiger partial charge in [-0.3, -0.25) is 9.48 Å². The van der Waals surface area contributed by atoms with E-state index in [2.05, 4.69) is 10.4 Å². The molecule has 0 aliphatic carbocycles. The number of esters is 1. The standard InChI is InChI=1S/C20H22FN3O4S/c1-10-17(11(2)24(4)23-10)22-19(25)12(3)28-20(26)18-13(9-27-5)16-14(21)7-6-8-15(16)29-18/h6-8,12H,9H2,1-5H3,(H,22,25)/t12-/m0/s1. The van der Waals surface area contributed by atoms with Gasteiger partial charge in [0.1, 0.15) is 10.7 Å². The van der Waals surface area contributed by atoms with Crippen molar-refractivity contribution in [3.63, 3.8) is 0 Å². The molecule has 0 aliphatic heterocycles. The minimum Gasteiger partial charge on any atom is -0.448 e. The summed E-state index contributed by atoms with van der Waals surface area (Å²) >= 11 is 1.11. The molecule has 3 rings (SSSR count). The first-order valence-corrected chi connectivity index (χ1v) is 9.77. The number of hydrogen-bond donors (Lipinski definition) is 1. The van der Waals surface area contributed by atoms with Crippen molar-refractivity contribution >= 4 is 39.0 Å². The fourth-order valence-electron chi connectivity index (χ4n) is 3.06. The molecule has 0 radical (unpaired) electrons. The van der Waals surface area contributed by atoms with Gasteiger partial charge >= 0.3 is 5.97 Å². The highest BCUT2D eigenvalue weighted by molar-refractivity contribution is 7.21. The fraction of sp³-hybridized carbons (Fsp3) is 0.350. The van der Waals surface area contributed by atoms with Crippen molar-refractivity contribution in [3.8, 4) is 0 Å². The molecule has 9 heteroatoms. The Morgan fingerprint density at radius 2 is 2.07 bits per heavy atom. The Bertz CT molecular complexity index is 1090. The van der Waals surface area contributed by atoms with Gasteiger partial charge in [0.05, 0.1) is 23.7 Å². The summed E-state index contributed by atoms with van der Waals surface area (Å²) in [4.78, 5) is 25.5. The van der Waals surface area contributed by atoms with E-state index in [4.69, 9.17) is 9.47 Å². The highest BCUT2D eigenvalue weighted by Gasteiger charge is 2.26. The van der Waals surface area contributed by atoms with Crippen LogP contribution in [0.15, 0.2) is 18.2 Å². The quantitative estimate of drug-likeness (QED) is 0.616. The normalized spacial score (nSPS) is 12.2. The second-order valence-corrected chi connectivity index (χ2v) is 7.71. The number of nitrogens with zero attached hydrogens (tertiary/aromatic N) is 2. The van der Waals surface area contributed by atoms with Crippen molar-refractivity contribution in [1.82, 2.24) is 9.78 Å². The molecule has 1 aromatic carbocycles. The molecule has 0 spiro atoms. The molecule has 2 aromatic heterocycles. The number of methoxy groups -OCH3 is 1. The molecule has 7 nitrogen and oxygen atoms in total. The first-order valence-electron chi connectivity index (χ1n) is 8.95. The largest absolute Gasteiger partial charge is 0.448 e. The molecule has 0 saturated heterocycles. The van der Waals surface area contributed by atoms with Gasteiger partial charge in [0.2, 0.25) is 0 Å². The number of ether oxygens (including phenoxy) is 2. The van der Waals surface area contributed by atoms with Gasteiger partial charge in [-0.2, -0.15) is 5.10 Å². The third-order valence-electron chi connectivity index (χ3n) is 4.65. The molecule has 0 bridgehead atoms. The maximum Gasteiger partial charge on any atom is 0.349 e. The summed E-state index contributed by atoms with van der Waals surface area (Å²) < 4.78 is 27.1. The summed E-state index contributed by atoms with van der Waals surface area (Å²) in [6.45, 7) is 5.15. The second-order valence-electron chi connectivity index (χ2n) is 6.66. The van der Waals surface area contributed by atoms with E-state index in [1.165, 1.54) is 20.1 Å². The average molecular weight is 419 g/mol. The number of nitrogens with one attached hydrogen (secondary N) is 1. The van der Waals surface area contributed by atoms with Gasteiger partial charge in [-0.1, -0.05) is 6.07 Å². The van der Waals surface area contributed by atoms with Gasteiger partial charge in [0.25, 0.3) is 5.91 Å². The number of halogens is 1. The van der Waals surface area contributed by atoms with E-state index in [0.717, 1.165) is 17.0 Å². The van der Waals surface area contributed by atoms with Crippen LogP contribution in [0.3, 0.4) is 0 Å². The van der Waals surface area contributed by atoms with E-state index in [0.29, 0.717) is 27.0 Å². The fourth-order valence-corrected chi connectivity index (χ4v) is 4.17. The maximum atomic E-state index is 14.3. The van der Waals surface area contributed by atoms with Crippen LogP contribution >= 0.6 is 11.3 Å². The van der Waals surface area contributed by atoms with Crippen LogP contribution in [0.1, 0.15) is 33.5 Å². The Hall–Kier alpha value is -2.78. The Labute approximate surface area is 171 Å². The highest BCUT2D eigenvalue weighted by Crippen LogP contribution is 2.34.